The molecule has 0 aliphatic rings. The van der Waals surface area contributed by atoms with Gasteiger partial charge in [-0.1, -0.05) is 84.9 Å². The van der Waals surface area contributed by atoms with E-state index in [2.05, 4.69) is 124 Å². The van der Waals surface area contributed by atoms with Gasteiger partial charge in [0, 0.05) is 33.4 Å². The van der Waals surface area contributed by atoms with Gasteiger partial charge in [0.25, 0.3) is 0 Å². The number of benzene rings is 6. The van der Waals surface area contributed by atoms with Crippen molar-refractivity contribution >= 4 is 54.6 Å². The molecule has 10 rings (SSSR count). The molecule has 5 nitrogen and oxygen atoms in total. The largest absolute Gasteiger partial charge is 0.309 e. The molecule has 10 aromatic rings. The zero-order valence-corrected chi connectivity index (χ0v) is 25.8. The molecule has 0 radical (unpaired) electrons. The minimum absolute atomic E-state index is 0.751. The molecule has 0 N–H and O–H groups in total. The number of nitrogens with zero attached hydrogens (tertiary/aromatic N) is 5. The second-order valence-corrected chi connectivity index (χ2v) is 12.1. The van der Waals surface area contributed by atoms with Gasteiger partial charge in [0.05, 0.1) is 38.8 Å². The monoisotopic (exact) mass is 613 g/mol. The normalized spacial score (nSPS) is 11.8. The molecule has 0 aliphatic carbocycles. The summed E-state index contributed by atoms with van der Waals surface area (Å²) in [4.78, 5) is 15.0. The summed E-state index contributed by atoms with van der Waals surface area (Å²) in [5.41, 5.74) is 11.3. The molecule has 0 spiro atoms. The van der Waals surface area contributed by atoms with E-state index in [1.165, 1.54) is 32.9 Å². The summed E-state index contributed by atoms with van der Waals surface area (Å²) in [6.45, 7) is 0. The molecule has 0 atom stereocenters. The molecule has 0 aliphatic heterocycles. The van der Waals surface area contributed by atoms with E-state index in [1.807, 2.05) is 48.7 Å². The molecule has 5 heteroatoms. The molecule has 0 fully saturated rings. The summed E-state index contributed by atoms with van der Waals surface area (Å²) in [7, 11) is 0. The topological polar surface area (TPSA) is 48.5 Å². The zero-order valence-electron chi connectivity index (χ0n) is 25.8. The van der Waals surface area contributed by atoms with E-state index < -0.39 is 0 Å². The van der Waals surface area contributed by atoms with Gasteiger partial charge < -0.3 is 4.57 Å². The fraction of sp³-hybridized carbons (Fsp3) is 0. The summed E-state index contributed by atoms with van der Waals surface area (Å²) in [5.74, 6) is 0.765. The fourth-order valence-corrected chi connectivity index (χ4v) is 7.21. The van der Waals surface area contributed by atoms with E-state index >= 15 is 0 Å². The van der Waals surface area contributed by atoms with Crippen LogP contribution in [0.4, 0.5) is 0 Å². The fourth-order valence-electron chi connectivity index (χ4n) is 7.21. The average Bonchev–Trinajstić information content (AvgIpc) is 3.67. The third-order valence-electron chi connectivity index (χ3n) is 9.36. The van der Waals surface area contributed by atoms with Crippen LogP contribution in [-0.4, -0.2) is 24.1 Å². The van der Waals surface area contributed by atoms with E-state index in [1.54, 1.807) is 0 Å². The van der Waals surface area contributed by atoms with E-state index in [9.17, 15) is 0 Å². The highest BCUT2D eigenvalue weighted by Crippen LogP contribution is 2.39. The first-order valence-electron chi connectivity index (χ1n) is 16.1. The van der Waals surface area contributed by atoms with Crippen molar-refractivity contribution in [3.8, 4) is 34.0 Å². The summed E-state index contributed by atoms with van der Waals surface area (Å²) in [5, 5.41) is 4.81. The Morgan fingerprint density at radius 1 is 0.396 bits per heavy atom. The Morgan fingerprint density at radius 3 is 1.60 bits per heavy atom. The summed E-state index contributed by atoms with van der Waals surface area (Å²) in [6.07, 6.45) is 1.81. The maximum Gasteiger partial charge on any atom is 0.166 e. The Balaban J connectivity index is 1.20. The van der Waals surface area contributed by atoms with Crippen molar-refractivity contribution in [1.29, 1.82) is 0 Å². The first kappa shape index (κ1) is 26.6. The quantitative estimate of drug-likeness (QED) is 0.198. The predicted octanol–water partition coefficient (Wildman–Crippen LogP) is 10.6. The Kier molecular flexibility index (Phi) is 5.81. The van der Waals surface area contributed by atoms with Crippen LogP contribution in [0, 0.1) is 0 Å². The second kappa shape index (κ2) is 10.5. The Labute approximate surface area is 276 Å². The lowest BCUT2D eigenvalue weighted by Gasteiger charge is -2.13. The SMILES string of the molecule is c1ccc(-n2c3ccccc3c3cc(-c4ccc5c(c4)c4ccccc4n5-c4nc5ccccc5nc4-c4ccccn4)ccc32)cc1. The van der Waals surface area contributed by atoms with Crippen molar-refractivity contribution in [2.45, 2.75) is 0 Å². The standard InChI is InChI=1S/C43H27N5/c1-2-12-30(13-3-1)47-38-19-8-4-14-31(38)33-26-28(21-23-40(33)47)29-22-24-41-34(27-29)32-15-5-9-20-39(32)48(41)43-42(37-18-10-11-25-44-37)45-35-16-6-7-17-36(35)46-43/h1-27H. The minimum atomic E-state index is 0.751. The van der Waals surface area contributed by atoms with Crippen molar-refractivity contribution in [3.63, 3.8) is 0 Å². The van der Waals surface area contributed by atoms with Gasteiger partial charge in [-0.3, -0.25) is 9.55 Å². The number of para-hydroxylation sites is 5. The highest BCUT2D eigenvalue weighted by atomic mass is 15.1. The molecule has 0 saturated carbocycles. The number of hydrogen-bond donors (Lipinski definition) is 0. The van der Waals surface area contributed by atoms with Crippen molar-refractivity contribution < 1.29 is 0 Å². The summed E-state index contributed by atoms with van der Waals surface area (Å²) in [6, 6.07) is 55.4. The number of hydrogen-bond acceptors (Lipinski definition) is 3. The van der Waals surface area contributed by atoms with Gasteiger partial charge in [0.1, 0.15) is 5.69 Å². The second-order valence-electron chi connectivity index (χ2n) is 12.1. The van der Waals surface area contributed by atoms with Gasteiger partial charge in [0.2, 0.25) is 0 Å². The van der Waals surface area contributed by atoms with Crippen molar-refractivity contribution in [2.24, 2.45) is 0 Å². The van der Waals surface area contributed by atoms with Gasteiger partial charge in [-0.05, 0) is 83.9 Å². The Morgan fingerprint density at radius 2 is 0.938 bits per heavy atom. The molecule has 0 bridgehead atoms. The van der Waals surface area contributed by atoms with Crippen LogP contribution in [-0.2, 0) is 0 Å². The van der Waals surface area contributed by atoms with E-state index in [0.717, 1.165) is 55.7 Å². The maximum absolute atomic E-state index is 5.22. The number of pyridine rings is 1. The third kappa shape index (κ3) is 4.01. The van der Waals surface area contributed by atoms with Gasteiger partial charge in [0.15, 0.2) is 5.82 Å². The highest BCUT2D eigenvalue weighted by Gasteiger charge is 2.20. The lowest BCUT2D eigenvalue weighted by Crippen LogP contribution is -2.04. The minimum Gasteiger partial charge on any atom is -0.309 e. The molecule has 0 saturated heterocycles. The molecule has 6 aromatic carbocycles. The van der Waals surface area contributed by atoms with Crippen molar-refractivity contribution in [3.05, 3.63) is 164 Å². The van der Waals surface area contributed by atoms with Gasteiger partial charge in [-0.25, -0.2) is 9.97 Å². The molecular formula is C43H27N5. The molecular weight excluding hydrogens is 587 g/mol. The molecule has 224 valence electrons. The van der Waals surface area contributed by atoms with Crippen LogP contribution in [0.3, 0.4) is 0 Å². The lowest BCUT2D eigenvalue weighted by molar-refractivity contribution is 1.07. The van der Waals surface area contributed by atoms with Crippen LogP contribution in [0.2, 0.25) is 0 Å². The predicted molar refractivity (Wildman–Crippen MR) is 197 cm³/mol. The van der Waals surface area contributed by atoms with Crippen LogP contribution in [0.15, 0.2) is 164 Å². The zero-order chi connectivity index (χ0) is 31.6. The van der Waals surface area contributed by atoms with Crippen LogP contribution in [0.25, 0.3) is 88.7 Å². The molecule has 0 unspecified atom stereocenters. The molecule has 0 amide bonds. The van der Waals surface area contributed by atoms with E-state index in [0.29, 0.717) is 0 Å². The summed E-state index contributed by atoms with van der Waals surface area (Å²) < 4.78 is 4.60. The van der Waals surface area contributed by atoms with Crippen LogP contribution < -0.4 is 0 Å². The summed E-state index contributed by atoms with van der Waals surface area (Å²) >= 11 is 0. The molecule has 4 heterocycles. The molecule has 48 heavy (non-hydrogen) atoms. The third-order valence-corrected chi connectivity index (χ3v) is 9.36. The maximum atomic E-state index is 5.22. The Bertz CT molecular complexity index is 2830. The Hall–Kier alpha value is -6.59. The van der Waals surface area contributed by atoms with Crippen molar-refractivity contribution in [1.82, 2.24) is 24.1 Å². The first-order chi connectivity index (χ1) is 23.8. The van der Waals surface area contributed by atoms with Crippen LogP contribution >= 0.6 is 0 Å². The lowest BCUT2D eigenvalue weighted by atomic mass is 10.0. The van der Waals surface area contributed by atoms with Gasteiger partial charge in [-0.2, -0.15) is 0 Å². The van der Waals surface area contributed by atoms with Crippen LogP contribution in [0.1, 0.15) is 0 Å². The number of rotatable bonds is 4. The highest BCUT2D eigenvalue weighted by molar-refractivity contribution is 6.13. The average molecular weight is 614 g/mol. The van der Waals surface area contributed by atoms with Crippen molar-refractivity contribution in [2.75, 3.05) is 0 Å². The first-order valence-corrected chi connectivity index (χ1v) is 16.1. The van der Waals surface area contributed by atoms with E-state index in [-0.39, 0.29) is 0 Å². The van der Waals surface area contributed by atoms with E-state index in [4.69, 9.17) is 15.0 Å². The van der Waals surface area contributed by atoms with Gasteiger partial charge >= 0.3 is 0 Å². The number of fused-ring (bicyclic) bond motifs is 7. The molecule has 4 aromatic heterocycles. The smallest absolute Gasteiger partial charge is 0.166 e. The number of aromatic nitrogens is 5. The van der Waals surface area contributed by atoms with Gasteiger partial charge in [-0.15, -0.1) is 0 Å². The van der Waals surface area contributed by atoms with Crippen LogP contribution in [0.5, 0.6) is 0 Å².